The number of benzene rings is 2. The monoisotopic (exact) mass is 329 g/mol. The van der Waals surface area contributed by atoms with Gasteiger partial charge in [0.1, 0.15) is 0 Å². The molecule has 2 rings (SSSR count). The molecule has 0 heterocycles. The second-order valence-electron chi connectivity index (χ2n) is 3.61. The van der Waals surface area contributed by atoms with Crippen LogP contribution in [0.15, 0.2) is 46.9 Å². The van der Waals surface area contributed by atoms with Gasteiger partial charge in [-0.1, -0.05) is 35.3 Å². The third-order valence-electron chi connectivity index (χ3n) is 2.30. The third-order valence-corrected chi connectivity index (χ3v) is 3.46. The summed E-state index contributed by atoms with van der Waals surface area (Å²) in [6.45, 7) is 0.708. The van der Waals surface area contributed by atoms with Crippen LogP contribution in [0.3, 0.4) is 0 Å². The Hall–Kier alpha value is -0.700. The lowest BCUT2D eigenvalue weighted by atomic mass is 10.2. The van der Waals surface area contributed by atoms with Crippen LogP contribution < -0.4 is 5.32 Å². The van der Waals surface area contributed by atoms with E-state index in [0.29, 0.717) is 11.6 Å². The summed E-state index contributed by atoms with van der Waals surface area (Å²) in [4.78, 5) is 0. The Bertz CT molecular complexity index is 529. The van der Waals surface area contributed by atoms with E-state index in [1.165, 1.54) is 0 Å². The quantitative estimate of drug-likeness (QED) is 0.797. The zero-order valence-electron chi connectivity index (χ0n) is 8.88. The molecule has 88 valence electrons. The Kier molecular flexibility index (Phi) is 4.32. The van der Waals surface area contributed by atoms with Gasteiger partial charge in [-0.2, -0.15) is 0 Å². The van der Waals surface area contributed by atoms with Crippen LogP contribution in [-0.4, -0.2) is 0 Å². The Labute approximate surface area is 119 Å². The molecule has 0 aliphatic carbocycles. The van der Waals surface area contributed by atoms with Gasteiger partial charge in [-0.3, -0.25) is 0 Å². The summed E-state index contributed by atoms with van der Waals surface area (Å²) in [5, 5.41) is 4.76. The maximum Gasteiger partial charge on any atom is 0.0502 e. The van der Waals surface area contributed by atoms with Crippen LogP contribution in [0.1, 0.15) is 5.56 Å². The molecule has 0 aromatic heterocycles. The summed E-state index contributed by atoms with van der Waals surface area (Å²) in [7, 11) is 0. The molecule has 0 amide bonds. The highest BCUT2D eigenvalue weighted by Crippen LogP contribution is 2.26. The Morgan fingerprint density at radius 1 is 1.00 bits per heavy atom. The van der Waals surface area contributed by atoms with Gasteiger partial charge in [0.05, 0.1) is 5.69 Å². The van der Waals surface area contributed by atoms with Crippen LogP contribution in [0, 0.1) is 0 Å². The highest BCUT2D eigenvalue weighted by atomic mass is 79.9. The second kappa shape index (κ2) is 5.76. The molecule has 0 saturated carbocycles. The number of hydrogen-bond donors (Lipinski definition) is 1. The van der Waals surface area contributed by atoms with Gasteiger partial charge in [-0.05, 0) is 51.8 Å². The lowest BCUT2D eigenvalue weighted by Gasteiger charge is -2.09. The van der Waals surface area contributed by atoms with Crippen molar-refractivity contribution >= 4 is 44.8 Å². The lowest BCUT2D eigenvalue weighted by Crippen LogP contribution is -1.99. The summed E-state index contributed by atoms with van der Waals surface area (Å²) in [5.74, 6) is 0. The maximum atomic E-state index is 5.94. The van der Waals surface area contributed by atoms with E-state index in [-0.39, 0.29) is 0 Å². The van der Waals surface area contributed by atoms with E-state index in [1.54, 1.807) is 0 Å². The smallest absolute Gasteiger partial charge is 0.0502 e. The fourth-order valence-electron chi connectivity index (χ4n) is 1.48. The molecule has 2 aromatic rings. The molecule has 0 radical (unpaired) electrons. The average molecular weight is 331 g/mol. The predicted octanol–water partition coefficient (Wildman–Crippen LogP) is 5.37. The van der Waals surface area contributed by atoms with Crippen molar-refractivity contribution in [3.05, 3.63) is 62.5 Å². The molecule has 0 unspecified atom stereocenters. The largest absolute Gasteiger partial charge is 0.380 e. The summed E-state index contributed by atoms with van der Waals surface area (Å²) >= 11 is 15.3. The van der Waals surface area contributed by atoms with Crippen LogP contribution in [0.25, 0.3) is 0 Å². The minimum absolute atomic E-state index is 0.708. The van der Waals surface area contributed by atoms with Gasteiger partial charge in [0.25, 0.3) is 0 Å². The molecule has 0 fully saturated rings. The summed E-state index contributed by atoms with van der Waals surface area (Å²) < 4.78 is 0.990. The topological polar surface area (TPSA) is 12.0 Å². The molecule has 17 heavy (non-hydrogen) atoms. The van der Waals surface area contributed by atoms with E-state index in [9.17, 15) is 0 Å². The van der Waals surface area contributed by atoms with Crippen LogP contribution in [0.2, 0.25) is 10.0 Å². The molecule has 0 spiro atoms. The van der Waals surface area contributed by atoms with Gasteiger partial charge in [-0.15, -0.1) is 0 Å². The first-order chi connectivity index (χ1) is 8.15. The molecular formula is C13H10BrCl2N. The van der Waals surface area contributed by atoms with Crippen molar-refractivity contribution in [3.63, 3.8) is 0 Å². The summed E-state index contributed by atoms with van der Waals surface area (Å²) in [5.41, 5.74) is 2.10. The molecule has 2 aromatic carbocycles. The highest BCUT2D eigenvalue weighted by molar-refractivity contribution is 9.10. The second-order valence-corrected chi connectivity index (χ2v) is 5.33. The van der Waals surface area contributed by atoms with Crippen molar-refractivity contribution in [1.82, 2.24) is 0 Å². The van der Waals surface area contributed by atoms with E-state index in [0.717, 1.165) is 20.7 Å². The molecule has 4 heteroatoms. The lowest BCUT2D eigenvalue weighted by molar-refractivity contribution is 1.15. The normalized spacial score (nSPS) is 10.3. The predicted molar refractivity (Wildman–Crippen MR) is 77.9 cm³/mol. The van der Waals surface area contributed by atoms with Crippen molar-refractivity contribution < 1.29 is 0 Å². The van der Waals surface area contributed by atoms with Crippen LogP contribution in [0.4, 0.5) is 5.69 Å². The van der Waals surface area contributed by atoms with Crippen molar-refractivity contribution in [2.45, 2.75) is 6.54 Å². The van der Waals surface area contributed by atoms with Gasteiger partial charge >= 0.3 is 0 Å². The molecule has 1 N–H and O–H groups in total. The van der Waals surface area contributed by atoms with E-state index < -0.39 is 0 Å². The number of anilines is 1. The molecule has 0 atom stereocenters. The van der Waals surface area contributed by atoms with Gasteiger partial charge in [-0.25, -0.2) is 0 Å². The molecule has 0 aliphatic heterocycles. The SMILES string of the molecule is Clc1cccc(CNc2cc(Cl)ccc2Br)c1. The van der Waals surface area contributed by atoms with Gasteiger partial charge < -0.3 is 5.32 Å². The van der Waals surface area contributed by atoms with Crippen LogP contribution >= 0.6 is 39.1 Å². The van der Waals surface area contributed by atoms with Gasteiger partial charge in [0.2, 0.25) is 0 Å². The van der Waals surface area contributed by atoms with Crippen molar-refractivity contribution in [2.75, 3.05) is 5.32 Å². The van der Waals surface area contributed by atoms with Crippen molar-refractivity contribution in [2.24, 2.45) is 0 Å². The zero-order valence-corrected chi connectivity index (χ0v) is 12.0. The minimum Gasteiger partial charge on any atom is -0.380 e. The number of hydrogen-bond acceptors (Lipinski definition) is 1. The van der Waals surface area contributed by atoms with E-state index >= 15 is 0 Å². The minimum atomic E-state index is 0.708. The number of rotatable bonds is 3. The zero-order chi connectivity index (χ0) is 12.3. The molecular weight excluding hydrogens is 321 g/mol. The van der Waals surface area contributed by atoms with Gasteiger partial charge in [0, 0.05) is 21.1 Å². The molecule has 0 aliphatic rings. The molecule has 1 nitrogen and oxygen atoms in total. The Morgan fingerprint density at radius 2 is 1.76 bits per heavy atom. The third kappa shape index (κ3) is 3.63. The number of nitrogens with one attached hydrogen (secondary N) is 1. The summed E-state index contributed by atoms with van der Waals surface area (Å²) in [6.07, 6.45) is 0. The van der Waals surface area contributed by atoms with Crippen LogP contribution in [0.5, 0.6) is 0 Å². The first-order valence-corrected chi connectivity index (χ1v) is 6.63. The van der Waals surface area contributed by atoms with Crippen molar-refractivity contribution in [1.29, 1.82) is 0 Å². The Morgan fingerprint density at radius 3 is 2.53 bits per heavy atom. The van der Waals surface area contributed by atoms with Crippen molar-refractivity contribution in [3.8, 4) is 0 Å². The van der Waals surface area contributed by atoms with E-state index in [1.807, 2.05) is 42.5 Å². The molecule has 0 bridgehead atoms. The van der Waals surface area contributed by atoms with E-state index in [2.05, 4.69) is 21.2 Å². The van der Waals surface area contributed by atoms with Gasteiger partial charge in [0.15, 0.2) is 0 Å². The highest BCUT2D eigenvalue weighted by Gasteiger charge is 2.01. The maximum absolute atomic E-state index is 5.94. The standard InChI is InChI=1S/C13H10BrCl2N/c14-12-5-4-11(16)7-13(12)17-8-9-2-1-3-10(15)6-9/h1-7,17H,8H2. The summed E-state index contributed by atoms with van der Waals surface area (Å²) in [6, 6.07) is 13.4. The van der Waals surface area contributed by atoms with Crippen LogP contribution in [-0.2, 0) is 6.54 Å². The first-order valence-electron chi connectivity index (χ1n) is 5.08. The average Bonchev–Trinajstić information content (AvgIpc) is 2.30. The number of halogens is 3. The Balaban J connectivity index is 2.09. The first kappa shape index (κ1) is 12.7. The fourth-order valence-corrected chi connectivity index (χ4v) is 2.25. The van der Waals surface area contributed by atoms with E-state index in [4.69, 9.17) is 23.2 Å². The molecule has 0 saturated heterocycles. The fraction of sp³-hybridized carbons (Fsp3) is 0.0769.